The summed E-state index contributed by atoms with van der Waals surface area (Å²) in [6.45, 7) is 0. The quantitative estimate of drug-likeness (QED) is 0.737. The normalized spacial score (nSPS) is 9.47. The summed E-state index contributed by atoms with van der Waals surface area (Å²) in [4.78, 5) is 22.0. The molecule has 0 aromatic heterocycles. The van der Waals surface area contributed by atoms with E-state index in [1.165, 1.54) is 18.2 Å². The zero-order valence-corrected chi connectivity index (χ0v) is 11.1. The zero-order valence-electron chi connectivity index (χ0n) is 9.57. The van der Waals surface area contributed by atoms with Gasteiger partial charge < -0.3 is 19.8 Å². The largest absolute Gasteiger partial charge is 2.00 e. The Morgan fingerprint density at radius 2 is 1.42 bits per heavy atom. The molecule has 98 valence electrons. The molecule has 0 N–H and O–H groups in total. The summed E-state index contributed by atoms with van der Waals surface area (Å²) >= 11 is 0. The maximum absolute atomic E-state index is 11.1. The molecule has 0 heterocycles. The van der Waals surface area contributed by atoms with Gasteiger partial charge in [-0.15, -0.1) is 0 Å². The van der Waals surface area contributed by atoms with Crippen molar-refractivity contribution in [2.75, 3.05) is 0 Å². The van der Waals surface area contributed by atoms with Crippen LogP contribution in [0, 0.1) is 0 Å². The van der Waals surface area contributed by atoms with Crippen LogP contribution in [0.3, 0.4) is 0 Å². The summed E-state index contributed by atoms with van der Waals surface area (Å²) in [6.07, 6.45) is 0. The maximum Gasteiger partial charge on any atom is 2.00 e. The van der Waals surface area contributed by atoms with E-state index < -0.39 is 11.9 Å². The van der Waals surface area contributed by atoms with Crippen LogP contribution >= 0.6 is 0 Å². The zero-order chi connectivity index (χ0) is 13.1. The predicted octanol–water partition coefficient (Wildman–Crippen LogP) is 0.0781. The summed E-state index contributed by atoms with van der Waals surface area (Å²) in [5.41, 5.74) is 0.178. The van der Waals surface area contributed by atoms with Gasteiger partial charge in [-0.05, 0) is 11.1 Å². The third-order valence-corrected chi connectivity index (χ3v) is 2.57. The van der Waals surface area contributed by atoms with Gasteiger partial charge in [0.2, 0.25) is 0 Å². The molecule has 0 atom stereocenters. The van der Waals surface area contributed by atoms with Crippen LogP contribution in [0.4, 0.5) is 0 Å². The number of hydrogen-bond acceptors (Lipinski definition) is 4. The monoisotopic (exact) mass is 346 g/mol. The van der Waals surface area contributed by atoms with Crippen LogP contribution in [0.25, 0.3) is 11.1 Å². The van der Waals surface area contributed by atoms with Crippen molar-refractivity contribution >= 4 is 11.9 Å². The van der Waals surface area contributed by atoms with Crippen LogP contribution < -0.4 is 10.2 Å². The van der Waals surface area contributed by atoms with Gasteiger partial charge >= 0.3 is 20.4 Å². The Morgan fingerprint density at radius 1 is 0.789 bits per heavy atom. The van der Waals surface area contributed by atoms with E-state index in [9.17, 15) is 19.8 Å². The van der Waals surface area contributed by atoms with E-state index >= 15 is 0 Å². The molecule has 0 aliphatic carbocycles. The number of carboxylic acids is 2. The Labute approximate surface area is 123 Å². The summed E-state index contributed by atoms with van der Waals surface area (Å²) in [5.74, 6) is -3.07. The number of hydrogen-bond donors (Lipinski definition) is 0. The first-order valence-electron chi connectivity index (χ1n) is 5.22. The van der Waals surface area contributed by atoms with E-state index in [0.29, 0.717) is 11.1 Å². The molecule has 5 heteroatoms. The fourth-order valence-corrected chi connectivity index (χ4v) is 1.80. The first-order chi connectivity index (χ1) is 8.61. The Kier molecular flexibility index (Phi) is 4.99. The number of carbonyl (C=O) groups is 2. The van der Waals surface area contributed by atoms with Crippen molar-refractivity contribution in [1.82, 2.24) is 0 Å². The molecular formula is C14H8O4Pd. The minimum absolute atomic E-state index is 0. The molecule has 0 aliphatic rings. The van der Waals surface area contributed by atoms with Gasteiger partial charge in [-0.3, -0.25) is 0 Å². The van der Waals surface area contributed by atoms with Crippen molar-refractivity contribution in [2.24, 2.45) is 0 Å². The van der Waals surface area contributed by atoms with Gasteiger partial charge in [0, 0.05) is 11.1 Å². The molecular weight excluding hydrogens is 339 g/mol. The van der Waals surface area contributed by atoms with Crippen molar-refractivity contribution in [2.45, 2.75) is 0 Å². The molecule has 0 radical (unpaired) electrons. The fourth-order valence-electron chi connectivity index (χ4n) is 1.80. The smallest absolute Gasteiger partial charge is 0.545 e. The summed E-state index contributed by atoms with van der Waals surface area (Å²) < 4.78 is 0. The van der Waals surface area contributed by atoms with E-state index in [-0.39, 0.29) is 31.5 Å². The van der Waals surface area contributed by atoms with Crippen molar-refractivity contribution in [3.05, 3.63) is 59.7 Å². The molecule has 0 aliphatic heterocycles. The third kappa shape index (κ3) is 3.08. The molecule has 0 saturated heterocycles. The molecule has 0 spiro atoms. The second-order valence-corrected chi connectivity index (χ2v) is 3.67. The first kappa shape index (κ1) is 15.1. The molecule has 0 unspecified atom stereocenters. The number of carboxylic acid groups (broad SMARTS) is 2. The van der Waals surface area contributed by atoms with E-state index in [2.05, 4.69) is 0 Å². The van der Waals surface area contributed by atoms with E-state index in [1.807, 2.05) is 0 Å². The molecule has 0 amide bonds. The minimum atomic E-state index is -1.54. The molecule has 2 aromatic carbocycles. The van der Waals surface area contributed by atoms with E-state index in [4.69, 9.17) is 0 Å². The average Bonchev–Trinajstić information content (AvgIpc) is 2.38. The van der Waals surface area contributed by atoms with Crippen LogP contribution in [0.5, 0.6) is 0 Å². The van der Waals surface area contributed by atoms with Gasteiger partial charge in [-0.2, -0.15) is 0 Å². The number of benzene rings is 2. The van der Waals surface area contributed by atoms with Gasteiger partial charge in [-0.1, -0.05) is 48.5 Å². The Morgan fingerprint density at radius 3 is 1.95 bits per heavy atom. The van der Waals surface area contributed by atoms with Crippen LogP contribution in [-0.4, -0.2) is 11.9 Å². The van der Waals surface area contributed by atoms with Crippen molar-refractivity contribution < 1.29 is 40.2 Å². The fraction of sp³-hybridized carbons (Fsp3) is 0. The molecule has 0 bridgehead atoms. The average molecular weight is 347 g/mol. The number of carbonyl (C=O) groups excluding carboxylic acids is 2. The Balaban J connectivity index is 0.00000180. The second kappa shape index (κ2) is 6.28. The molecule has 0 saturated carbocycles. The van der Waals surface area contributed by atoms with Crippen LogP contribution in [-0.2, 0) is 20.4 Å². The van der Waals surface area contributed by atoms with E-state index in [0.717, 1.165) is 0 Å². The Bertz CT molecular complexity index is 608. The molecule has 19 heavy (non-hydrogen) atoms. The molecule has 0 fully saturated rings. The SMILES string of the molecule is O=C([O-])c1cccc(-c2ccccc2)c1C(=O)[O-].[Pd+2]. The Hall–Kier alpha value is -1.96. The van der Waals surface area contributed by atoms with Crippen LogP contribution in [0.1, 0.15) is 20.7 Å². The second-order valence-electron chi connectivity index (χ2n) is 3.67. The van der Waals surface area contributed by atoms with Gasteiger partial charge in [0.1, 0.15) is 0 Å². The first-order valence-corrected chi connectivity index (χ1v) is 5.22. The van der Waals surface area contributed by atoms with Crippen molar-refractivity contribution in [3.8, 4) is 11.1 Å². The van der Waals surface area contributed by atoms with Gasteiger partial charge in [-0.25, -0.2) is 0 Å². The third-order valence-electron chi connectivity index (χ3n) is 2.57. The van der Waals surface area contributed by atoms with Gasteiger partial charge in [0.05, 0.1) is 11.9 Å². The topological polar surface area (TPSA) is 80.3 Å². The summed E-state index contributed by atoms with van der Waals surface area (Å²) in [6, 6.07) is 12.8. The van der Waals surface area contributed by atoms with Crippen molar-refractivity contribution in [3.63, 3.8) is 0 Å². The summed E-state index contributed by atoms with van der Waals surface area (Å²) in [7, 11) is 0. The van der Waals surface area contributed by atoms with Crippen molar-refractivity contribution in [1.29, 1.82) is 0 Å². The number of aromatic carboxylic acids is 2. The molecule has 2 aromatic rings. The van der Waals surface area contributed by atoms with Crippen LogP contribution in [0.15, 0.2) is 48.5 Å². The number of rotatable bonds is 3. The minimum Gasteiger partial charge on any atom is -0.545 e. The van der Waals surface area contributed by atoms with Gasteiger partial charge in [0.25, 0.3) is 0 Å². The maximum atomic E-state index is 11.1. The molecule has 4 nitrogen and oxygen atoms in total. The molecule has 2 rings (SSSR count). The van der Waals surface area contributed by atoms with E-state index in [1.54, 1.807) is 30.3 Å². The van der Waals surface area contributed by atoms with Gasteiger partial charge in [0.15, 0.2) is 0 Å². The van der Waals surface area contributed by atoms with Crippen LogP contribution in [0.2, 0.25) is 0 Å². The predicted molar refractivity (Wildman–Crippen MR) is 60.5 cm³/mol. The standard InChI is InChI=1S/C14H10O4.Pd/c15-13(16)11-8-4-7-10(12(11)14(17)18)9-5-2-1-3-6-9;/h1-8H,(H,15,16)(H,17,18);/q;+2/p-2. The summed E-state index contributed by atoms with van der Waals surface area (Å²) in [5, 5.41) is 22.0.